The highest BCUT2D eigenvalue weighted by Gasteiger charge is 2.12. The van der Waals surface area contributed by atoms with Gasteiger partial charge >= 0.3 is 5.63 Å². The lowest BCUT2D eigenvalue weighted by atomic mass is 10.0. The van der Waals surface area contributed by atoms with E-state index in [0.29, 0.717) is 16.7 Å². The molecule has 20 heavy (non-hydrogen) atoms. The maximum Gasteiger partial charge on any atom is 0.344 e. The average molecular weight is 261 g/mol. The Bertz CT molecular complexity index is 1030. The van der Waals surface area contributed by atoms with E-state index in [4.69, 9.17) is 10.2 Å². The van der Waals surface area contributed by atoms with Crippen molar-refractivity contribution in [2.24, 2.45) is 0 Å². The van der Waals surface area contributed by atoms with Gasteiger partial charge in [0.1, 0.15) is 5.58 Å². The summed E-state index contributed by atoms with van der Waals surface area (Å²) in [5.74, 6) is 0. The van der Waals surface area contributed by atoms with Gasteiger partial charge in [0, 0.05) is 21.8 Å². The molecule has 0 radical (unpaired) electrons. The smallest absolute Gasteiger partial charge is 0.344 e. The maximum absolute atomic E-state index is 12.1. The van der Waals surface area contributed by atoms with Crippen molar-refractivity contribution in [1.82, 2.24) is 0 Å². The van der Waals surface area contributed by atoms with Gasteiger partial charge in [-0.2, -0.15) is 0 Å². The molecule has 96 valence electrons. The zero-order valence-electron chi connectivity index (χ0n) is 10.6. The summed E-state index contributed by atoms with van der Waals surface area (Å²) >= 11 is 0. The molecule has 0 atom stereocenters. The summed E-state index contributed by atoms with van der Waals surface area (Å²) in [7, 11) is 0. The van der Waals surface area contributed by atoms with Crippen LogP contribution in [0.4, 0.5) is 5.69 Å². The zero-order valence-corrected chi connectivity index (χ0v) is 10.6. The first-order valence-corrected chi connectivity index (χ1v) is 6.38. The minimum Gasteiger partial charge on any atom is -0.422 e. The lowest BCUT2D eigenvalue weighted by Crippen LogP contribution is -2.01. The van der Waals surface area contributed by atoms with Crippen molar-refractivity contribution in [2.45, 2.75) is 0 Å². The molecular weight excluding hydrogens is 250 g/mol. The molecule has 0 aliphatic carbocycles. The second-order valence-electron chi connectivity index (χ2n) is 4.83. The van der Waals surface area contributed by atoms with E-state index >= 15 is 0 Å². The van der Waals surface area contributed by atoms with Crippen LogP contribution in [0.3, 0.4) is 0 Å². The maximum atomic E-state index is 12.1. The molecule has 0 unspecified atom stereocenters. The summed E-state index contributed by atoms with van der Waals surface area (Å²) in [4.78, 5) is 12.1. The van der Waals surface area contributed by atoms with Crippen LogP contribution >= 0.6 is 0 Å². The van der Waals surface area contributed by atoms with E-state index in [1.165, 1.54) is 0 Å². The van der Waals surface area contributed by atoms with E-state index in [0.717, 1.165) is 21.5 Å². The molecule has 0 saturated heterocycles. The van der Waals surface area contributed by atoms with Gasteiger partial charge < -0.3 is 10.2 Å². The molecule has 0 aliphatic heterocycles. The van der Waals surface area contributed by atoms with Crippen molar-refractivity contribution >= 4 is 38.2 Å². The largest absolute Gasteiger partial charge is 0.422 e. The summed E-state index contributed by atoms with van der Waals surface area (Å²) in [5.41, 5.74) is 7.03. The topological polar surface area (TPSA) is 56.2 Å². The van der Waals surface area contributed by atoms with E-state index in [1.54, 1.807) is 6.07 Å². The van der Waals surface area contributed by atoms with Crippen LogP contribution in [0.15, 0.2) is 63.8 Å². The Morgan fingerprint density at radius 3 is 2.30 bits per heavy atom. The predicted molar refractivity (Wildman–Crippen MR) is 81.9 cm³/mol. The van der Waals surface area contributed by atoms with Crippen LogP contribution in [0.5, 0.6) is 0 Å². The Labute approximate surface area is 114 Å². The van der Waals surface area contributed by atoms with Crippen molar-refractivity contribution in [2.75, 3.05) is 5.73 Å². The van der Waals surface area contributed by atoms with Gasteiger partial charge in [-0.1, -0.05) is 42.5 Å². The third-order valence-corrected chi connectivity index (χ3v) is 3.64. The summed E-state index contributed by atoms with van der Waals surface area (Å²) in [6, 6.07) is 17.1. The Morgan fingerprint density at radius 2 is 1.50 bits per heavy atom. The molecule has 0 aliphatic rings. The predicted octanol–water partition coefficient (Wildman–Crippen LogP) is 3.68. The van der Waals surface area contributed by atoms with Crippen molar-refractivity contribution < 1.29 is 4.42 Å². The Hall–Kier alpha value is -2.81. The molecule has 3 nitrogen and oxygen atoms in total. The van der Waals surface area contributed by atoms with Crippen LogP contribution in [0.1, 0.15) is 0 Å². The van der Waals surface area contributed by atoms with E-state index < -0.39 is 0 Å². The molecule has 1 aromatic heterocycles. The first-order chi connectivity index (χ1) is 9.75. The summed E-state index contributed by atoms with van der Waals surface area (Å²) in [6.07, 6.45) is 0. The first kappa shape index (κ1) is 11.1. The molecule has 0 fully saturated rings. The van der Waals surface area contributed by atoms with Gasteiger partial charge in [0.2, 0.25) is 0 Å². The molecule has 0 spiro atoms. The second-order valence-corrected chi connectivity index (χ2v) is 4.83. The quantitative estimate of drug-likeness (QED) is 0.298. The van der Waals surface area contributed by atoms with Gasteiger partial charge in [-0.15, -0.1) is 0 Å². The molecule has 2 N–H and O–H groups in total. The van der Waals surface area contributed by atoms with Gasteiger partial charge in [0.25, 0.3) is 0 Å². The average Bonchev–Trinajstić information content (AvgIpc) is 2.47. The Kier molecular flexibility index (Phi) is 2.12. The highest BCUT2D eigenvalue weighted by atomic mass is 16.4. The van der Waals surface area contributed by atoms with Crippen LogP contribution in [0, 0.1) is 0 Å². The van der Waals surface area contributed by atoms with Crippen LogP contribution in [0.25, 0.3) is 32.5 Å². The first-order valence-electron chi connectivity index (χ1n) is 6.38. The van der Waals surface area contributed by atoms with Crippen molar-refractivity contribution in [3.63, 3.8) is 0 Å². The number of nitrogens with two attached hydrogens (primary N) is 1. The van der Waals surface area contributed by atoms with Crippen LogP contribution < -0.4 is 11.4 Å². The van der Waals surface area contributed by atoms with Crippen molar-refractivity contribution in [3.05, 3.63) is 65.0 Å². The lowest BCUT2D eigenvalue weighted by Gasteiger charge is -2.08. The van der Waals surface area contributed by atoms with Crippen LogP contribution in [-0.4, -0.2) is 0 Å². The van der Waals surface area contributed by atoms with E-state index in [9.17, 15) is 4.79 Å². The fourth-order valence-electron chi connectivity index (χ4n) is 2.75. The van der Waals surface area contributed by atoms with Crippen LogP contribution in [0.2, 0.25) is 0 Å². The summed E-state index contributed by atoms with van der Waals surface area (Å²) in [5, 5.41) is 4.07. The Balaban J connectivity index is 2.42. The molecule has 3 heteroatoms. The third-order valence-electron chi connectivity index (χ3n) is 3.64. The second kappa shape index (κ2) is 3.84. The Morgan fingerprint density at radius 1 is 0.850 bits per heavy atom. The highest BCUT2D eigenvalue weighted by Crippen LogP contribution is 2.33. The number of fused-ring (bicyclic) bond motifs is 5. The fraction of sp³-hybridized carbons (Fsp3) is 0. The van der Waals surface area contributed by atoms with Gasteiger partial charge in [-0.3, -0.25) is 0 Å². The number of benzene rings is 3. The molecule has 0 saturated carbocycles. The third kappa shape index (κ3) is 1.37. The molecule has 1 heterocycles. The SMILES string of the molecule is Nc1cc2ccccc2c2oc(=O)c3ccccc3c12. The van der Waals surface area contributed by atoms with Crippen LogP contribution in [-0.2, 0) is 0 Å². The zero-order chi connectivity index (χ0) is 13.7. The van der Waals surface area contributed by atoms with E-state index in [1.807, 2.05) is 48.5 Å². The van der Waals surface area contributed by atoms with Gasteiger partial charge in [0.05, 0.1) is 5.39 Å². The molecule has 4 aromatic rings. The van der Waals surface area contributed by atoms with Crippen molar-refractivity contribution in [3.8, 4) is 0 Å². The summed E-state index contributed by atoms with van der Waals surface area (Å²) < 4.78 is 5.53. The highest BCUT2D eigenvalue weighted by molar-refractivity contribution is 6.18. The van der Waals surface area contributed by atoms with E-state index in [-0.39, 0.29) is 5.63 Å². The molecule has 3 aromatic carbocycles. The van der Waals surface area contributed by atoms with E-state index in [2.05, 4.69) is 0 Å². The number of hydrogen-bond acceptors (Lipinski definition) is 3. The minimum atomic E-state index is -0.330. The number of anilines is 1. The van der Waals surface area contributed by atoms with Crippen molar-refractivity contribution in [1.29, 1.82) is 0 Å². The van der Waals surface area contributed by atoms with Gasteiger partial charge in [0.15, 0.2) is 0 Å². The number of rotatable bonds is 0. The van der Waals surface area contributed by atoms with Gasteiger partial charge in [-0.05, 0) is 17.5 Å². The number of nitrogen functional groups attached to an aromatic ring is 1. The fourth-order valence-corrected chi connectivity index (χ4v) is 2.75. The minimum absolute atomic E-state index is 0.330. The van der Waals surface area contributed by atoms with Gasteiger partial charge in [-0.25, -0.2) is 4.79 Å². The molecule has 0 bridgehead atoms. The molecule has 0 amide bonds. The summed E-state index contributed by atoms with van der Waals surface area (Å²) in [6.45, 7) is 0. The standard InChI is InChI=1S/C17H11NO2/c18-14-9-10-5-1-2-6-11(10)16-15(14)12-7-3-4-8-13(12)17(19)20-16/h1-9H,18H2. The lowest BCUT2D eigenvalue weighted by molar-refractivity contribution is 0.573. The molecule has 4 rings (SSSR count). The number of hydrogen-bond donors (Lipinski definition) is 1. The monoisotopic (exact) mass is 261 g/mol. The normalized spacial score (nSPS) is 11.4. The molecular formula is C17H11NO2.